The van der Waals surface area contributed by atoms with Gasteiger partial charge >= 0.3 is 0 Å². The molecule has 1 N–H and O–H groups in total. The summed E-state index contributed by atoms with van der Waals surface area (Å²) in [5.74, 6) is -0.403. The maximum absolute atomic E-state index is 10.4. The third-order valence-corrected chi connectivity index (χ3v) is 6.30. The van der Waals surface area contributed by atoms with Crippen LogP contribution >= 0.6 is 0 Å². The summed E-state index contributed by atoms with van der Waals surface area (Å²) in [5, 5.41) is 17.3. The van der Waals surface area contributed by atoms with Gasteiger partial charge in [0.2, 0.25) is 0 Å². The molecule has 0 bridgehead atoms. The number of nitrogens with zero attached hydrogens (tertiary/aromatic N) is 1. The van der Waals surface area contributed by atoms with E-state index in [4.69, 9.17) is 5.41 Å². The molecule has 0 heterocycles. The SMILES string of the molecule is CCCCCCCCCCCCCCCCCC(=N)[O-].CC[N+](C)(CC)CC. The fraction of sp³-hybridized carbons (Fsp3) is 0.960. The van der Waals surface area contributed by atoms with Crippen LogP contribution < -0.4 is 5.11 Å². The van der Waals surface area contributed by atoms with Gasteiger partial charge in [-0.1, -0.05) is 96.8 Å². The van der Waals surface area contributed by atoms with E-state index < -0.39 is 5.90 Å². The van der Waals surface area contributed by atoms with Crippen LogP contribution in [-0.2, 0) is 0 Å². The molecule has 0 aliphatic heterocycles. The lowest BCUT2D eigenvalue weighted by Gasteiger charge is -2.30. The van der Waals surface area contributed by atoms with Gasteiger partial charge in [0.05, 0.1) is 26.7 Å². The summed E-state index contributed by atoms with van der Waals surface area (Å²) in [4.78, 5) is 0. The van der Waals surface area contributed by atoms with Gasteiger partial charge in [-0.05, 0) is 39.5 Å². The van der Waals surface area contributed by atoms with Crippen molar-refractivity contribution in [2.45, 2.75) is 130 Å². The van der Waals surface area contributed by atoms with Crippen molar-refractivity contribution < 1.29 is 9.59 Å². The minimum Gasteiger partial charge on any atom is -0.862 e. The Labute approximate surface area is 178 Å². The van der Waals surface area contributed by atoms with Crippen molar-refractivity contribution in [3.05, 3.63) is 0 Å². The van der Waals surface area contributed by atoms with Crippen LogP contribution in [0.1, 0.15) is 130 Å². The van der Waals surface area contributed by atoms with E-state index in [1.165, 1.54) is 108 Å². The highest BCUT2D eigenvalue weighted by molar-refractivity contribution is 5.67. The number of hydrogen-bond donors (Lipinski definition) is 1. The Kier molecular flexibility index (Phi) is 24.0. The first kappa shape index (κ1) is 29.6. The van der Waals surface area contributed by atoms with Crippen LogP contribution in [0, 0.1) is 5.41 Å². The fourth-order valence-corrected chi connectivity index (χ4v) is 3.33. The quantitative estimate of drug-likeness (QED) is 0.107. The second kappa shape index (κ2) is 22.7. The molecule has 0 saturated heterocycles. The summed E-state index contributed by atoms with van der Waals surface area (Å²) in [6.45, 7) is 12.8. The lowest BCUT2D eigenvalue weighted by Crippen LogP contribution is -2.42. The predicted octanol–water partition coefficient (Wildman–Crippen LogP) is 7.08. The molecule has 3 heteroatoms. The summed E-state index contributed by atoms with van der Waals surface area (Å²) >= 11 is 0. The molecule has 0 atom stereocenters. The number of unbranched alkanes of at least 4 members (excludes halogenated alkanes) is 14. The van der Waals surface area contributed by atoms with E-state index in [1.54, 1.807) is 0 Å². The minimum atomic E-state index is -0.403. The second-order valence-electron chi connectivity index (χ2n) is 8.69. The van der Waals surface area contributed by atoms with E-state index in [1.807, 2.05) is 0 Å². The normalized spacial score (nSPS) is 11.2. The standard InChI is InChI=1S/C18H37NO.C7H18N/c1-2-3-4-5-6-7-8-9-10-11-12-13-14-15-16-17-18(19)20;1-5-8(4,6-2)7-3/h2-17H2,1H3,(H2,19,20);5-7H2,1-4H3/q;+1/p-1. The lowest BCUT2D eigenvalue weighted by molar-refractivity contribution is -0.904. The molecule has 28 heavy (non-hydrogen) atoms. The van der Waals surface area contributed by atoms with Crippen molar-refractivity contribution >= 4 is 5.90 Å². The first-order valence-corrected chi connectivity index (χ1v) is 12.5. The molecule has 0 rings (SSSR count). The van der Waals surface area contributed by atoms with Crippen molar-refractivity contribution in [3.8, 4) is 0 Å². The maximum Gasteiger partial charge on any atom is 0.0755 e. The van der Waals surface area contributed by atoms with Crippen LogP contribution in [0.5, 0.6) is 0 Å². The molecule has 0 fully saturated rings. The van der Waals surface area contributed by atoms with Crippen molar-refractivity contribution in [2.75, 3.05) is 26.7 Å². The average molecular weight is 399 g/mol. The molecule has 170 valence electrons. The Morgan fingerprint density at radius 1 is 0.571 bits per heavy atom. The van der Waals surface area contributed by atoms with Crippen LogP contribution in [0.25, 0.3) is 0 Å². The molecule has 0 aliphatic rings. The predicted molar refractivity (Wildman–Crippen MR) is 125 cm³/mol. The van der Waals surface area contributed by atoms with Gasteiger partial charge in [-0.15, -0.1) is 0 Å². The van der Waals surface area contributed by atoms with Crippen LogP contribution in [0.4, 0.5) is 0 Å². The Morgan fingerprint density at radius 3 is 1.07 bits per heavy atom. The Hall–Kier alpha value is -0.570. The number of nitrogens with one attached hydrogen (secondary N) is 1. The number of quaternary nitrogens is 1. The van der Waals surface area contributed by atoms with Crippen LogP contribution in [0.2, 0.25) is 0 Å². The van der Waals surface area contributed by atoms with Crippen molar-refractivity contribution in [1.29, 1.82) is 5.41 Å². The summed E-state index contributed by atoms with van der Waals surface area (Å²) in [6, 6.07) is 0. The van der Waals surface area contributed by atoms with Gasteiger partial charge in [-0.25, -0.2) is 0 Å². The molecule has 0 saturated carbocycles. The highest BCUT2D eigenvalue weighted by Crippen LogP contribution is 2.13. The molecule has 0 spiro atoms. The van der Waals surface area contributed by atoms with Gasteiger partial charge in [0.25, 0.3) is 0 Å². The first-order chi connectivity index (χ1) is 13.5. The summed E-state index contributed by atoms with van der Waals surface area (Å²) in [6.07, 6.45) is 20.5. The maximum atomic E-state index is 10.4. The van der Waals surface area contributed by atoms with Gasteiger partial charge in [0, 0.05) is 0 Å². The molecule has 0 aromatic rings. The van der Waals surface area contributed by atoms with E-state index in [-0.39, 0.29) is 0 Å². The van der Waals surface area contributed by atoms with E-state index in [0.29, 0.717) is 6.42 Å². The van der Waals surface area contributed by atoms with Crippen LogP contribution in [0.3, 0.4) is 0 Å². The summed E-state index contributed by atoms with van der Waals surface area (Å²) in [7, 11) is 2.29. The molecular formula is C25H54N2O. The van der Waals surface area contributed by atoms with E-state index >= 15 is 0 Å². The Bertz CT molecular complexity index is 305. The van der Waals surface area contributed by atoms with Gasteiger partial charge in [-0.3, -0.25) is 0 Å². The molecule has 0 amide bonds. The smallest absolute Gasteiger partial charge is 0.0755 e. The van der Waals surface area contributed by atoms with Crippen molar-refractivity contribution in [3.63, 3.8) is 0 Å². The van der Waals surface area contributed by atoms with Gasteiger partial charge < -0.3 is 15.0 Å². The number of hydrogen-bond acceptors (Lipinski definition) is 2. The lowest BCUT2D eigenvalue weighted by atomic mass is 10.0. The van der Waals surface area contributed by atoms with Gasteiger partial charge in [-0.2, -0.15) is 0 Å². The zero-order valence-corrected chi connectivity index (χ0v) is 20.3. The minimum absolute atomic E-state index is 0.403. The second-order valence-corrected chi connectivity index (χ2v) is 8.69. The molecule has 0 unspecified atom stereocenters. The zero-order chi connectivity index (χ0) is 21.5. The fourth-order valence-electron chi connectivity index (χ4n) is 3.33. The third-order valence-electron chi connectivity index (χ3n) is 6.30. The van der Waals surface area contributed by atoms with E-state index in [0.717, 1.165) is 12.8 Å². The molecule has 0 aromatic heterocycles. The van der Waals surface area contributed by atoms with E-state index in [2.05, 4.69) is 34.7 Å². The average Bonchev–Trinajstić information content (AvgIpc) is 2.70. The van der Waals surface area contributed by atoms with E-state index in [9.17, 15) is 5.11 Å². The Balaban J connectivity index is 0. The highest BCUT2D eigenvalue weighted by atomic mass is 16.3. The van der Waals surface area contributed by atoms with Crippen molar-refractivity contribution in [1.82, 2.24) is 0 Å². The molecular weight excluding hydrogens is 344 g/mol. The molecule has 0 aliphatic carbocycles. The largest absolute Gasteiger partial charge is 0.862 e. The van der Waals surface area contributed by atoms with Crippen LogP contribution in [0.15, 0.2) is 0 Å². The number of rotatable bonds is 19. The third kappa shape index (κ3) is 23.5. The van der Waals surface area contributed by atoms with Gasteiger partial charge in [0.15, 0.2) is 0 Å². The topological polar surface area (TPSA) is 46.9 Å². The zero-order valence-electron chi connectivity index (χ0n) is 20.3. The van der Waals surface area contributed by atoms with Gasteiger partial charge in [0.1, 0.15) is 0 Å². The van der Waals surface area contributed by atoms with Crippen LogP contribution in [-0.4, -0.2) is 37.1 Å². The summed E-state index contributed by atoms with van der Waals surface area (Å²) < 4.78 is 1.21. The summed E-state index contributed by atoms with van der Waals surface area (Å²) in [5.41, 5.74) is 0. The highest BCUT2D eigenvalue weighted by Gasteiger charge is 2.10. The molecule has 0 aromatic carbocycles. The van der Waals surface area contributed by atoms with Crippen molar-refractivity contribution in [2.24, 2.45) is 0 Å². The first-order valence-electron chi connectivity index (χ1n) is 12.5. The molecule has 3 nitrogen and oxygen atoms in total. The monoisotopic (exact) mass is 398 g/mol. The Morgan fingerprint density at radius 2 is 0.857 bits per heavy atom. The molecule has 0 radical (unpaired) electrons.